The van der Waals surface area contributed by atoms with Gasteiger partial charge in [0.1, 0.15) is 0 Å². The van der Waals surface area contributed by atoms with Crippen LogP contribution >= 0.6 is 8.58 Å². The van der Waals surface area contributed by atoms with E-state index in [2.05, 4.69) is 67.6 Å². The molecule has 0 bridgehead atoms. The van der Waals surface area contributed by atoms with Gasteiger partial charge in [0.05, 0.1) is 0 Å². The molecule has 0 radical (unpaired) electrons. The second-order valence-corrected chi connectivity index (χ2v) is 11.6. The molecule has 0 aromatic heterocycles. The minimum atomic E-state index is 0.777. The maximum absolute atomic E-state index is 2.30. The Hall–Kier alpha value is -0.913. The van der Waals surface area contributed by atoms with Gasteiger partial charge in [-0.25, -0.2) is 0 Å². The number of unbranched alkanes of at least 4 members (excludes halogenated alkanes) is 15. The Bertz CT molecular complexity index is 545. The highest BCUT2D eigenvalue weighted by Gasteiger charge is 1.94. The van der Waals surface area contributed by atoms with Crippen molar-refractivity contribution in [1.29, 1.82) is 0 Å². The molecular weight excluding hydrogens is 419 g/mol. The lowest BCUT2D eigenvalue weighted by Crippen LogP contribution is -2.01. The Balaban J connectivity index is 0.000000339. The van der Waals surface area contributed by atoms with Crippen molar-refractivity contribution < 1.29 is 0 Å². The normalized spacial score (nSPS) is 10.7. The van der Waals surface area contributed by atoms with E-state index in [-0.39, 0.29) is 0 Å². The lowest BCUT2D eigenvalue weighted by Gasteiger charge is -2.03. The van der Waals surface area contributed by atoms with Gasteiger partial charge in [-0.1, -0.05) is 185 Å². The predicted molar refractivity (Wildman–Crippen MR) is 155 cm³/mol. The van der Waals surface area contributed by atoms with Crippen LogP contribution in [0, 0.1) is 0 Å². The lowest BCUT2D eigenvalue weighted by atomic mass is 10.0. The highest BCUT2D eigenvalue weighted by atomic mass is 31.1. The van der Waals surface area contributed by atoms with Crippen LogP contribution < -0.4 is 10.6 Å². The Morgan fingerprint density at radius 3 is 1.09 bits per heavy atom. The summed E-state index contributed by atoms with van der Waals surface area (Å²) in [6, 6.07) is 22.7. The van der Waals surface area contributed by atoms with E-state index in [1.807, 2.05) is 0 Å². The molecule has 0 saturated carbocycles. The summed E-state index contributed by atoms with van der Waals surface area (Å²) in [5.41, 5.74) is 0. The van der Waals surface area contributed by atoms with Crippen molar-refractivity contribution in [2.75, 3.05) is 0 Å². The molecule has 0 aliphatic carbocycles. The fourth-order valence-electron chi connectivity index (χ4n) is 4.01. The standard InChI is InChI=1S/C18H40Si.C12H11P/c1-2-3-4-5-6-7-8-9-10-11-12-13-14-15-16-17-18-19;1-3-7-11(8-4-1)13-12-9-5-2-6-10-12/h2-18H2,1,19H3;1-10,13H. The molecule has 0 amide bonds. The van der Waals surface area contributed by atoms with Gasteiger partial charge in [0.2, 0.25) is 0 Å². The first-order chi connectivity index (χ1) is 15.9. The quantitative estimate of drug-likeness (QED) is 0.117. The highest BCUT2D eigenvalue weighted by molar-refractivity contribution is 7.55. The van der Waals surface area contributed by atoms with E-state index in [9.17, 15) is 0 Å². The molecule has 0 aliphatic heterocycles. The van der Waals surface area contributed by atoms with Crippen LogP contribution in [0.15, 0.2) is 60.7 Å². The van der Waals surface area contributed by atoms with Gasteiger partial charge in [0, 0.05) is 10.2 Å². The van der Waals surface area contributed by atoms with E-state index in [1.165, 1.54) is 130 Å². The van der Waals surface area contributed by atoms with Gasteiger partial charge in [0.15, 0.2) is 0 Å². The average molecular weight is 471 g/mol. The molecule has 0 atom stereocenters. The van der Waals surface area contributed by atoms with Crippen molar-refractivity contribution in [3.05, 3.63) is 60.7 Å². The van der Waals surface area contributed by atoms with E-state index in [1.54, 1.807) is 0 Å². The monoisotopic (exact) mass is 470 g/mol. The zero-order valence-corrected chi connectivity index (χ0v) is 24.3. The van der Waals surface area contributed by atoms with Crippen molar-refractivity contribution in [2.45, 2.75) is 116 Å². The van der Waals surface area contributed by atoms with Gasteiger partial charge < -0.3 is 0 Å². The summed E-state index contributed by atoms with van der Waals surface area (Å²) in [5.74, 6) is 0. The second kappa shape index (κ2) is 23.3. The third-order valence-electron chi connectivity index (χ3n) is 6.04. The second-order valence-electron chi connectivity index (χ2n) is 9.16. The smallest absolute Gasteiger partial charge is 0.00279 e. The third kappa shape index (κ3) is 18.6. The summed E-state index contributed by atoms with van der Waals surface area (Å²) in [6.45, 7) is 2.30. The van der Waals surface area contributed by atoms with Gasteiger partial charge in [0.25, 0.3) is 0 Å². The molecule has 2 aromatic rings. The van der Waals surface area contributed by atoms with E-state index in [0.717, 1.165) is 8.58 Å². The summed E-state index contributed by atoms with van der Waals surface area (Å²) >= 11 is 0. The summed E-state index contributed by atoms with van der Waals surface area (Å²) in [7, 11) is 2.19. The first kappa shape index (κ1) is 29.1. The van der Waals surface area contributed by atoms with E-state index >= 15 is 0 Å². The zero-order valence-electron chi connectivity index (χ0n) is 21.3. The molecule has 32 heavy (non-hydrogen) atoms. The highest BCUT2D eigenvalue weighted by Crippen LogP contribution is 2.14. The van der Waals surface area contributed by atoms with Gasteiger partial charge in [-0.05, 0) is 10.6 Å². The Morgan fingerprint density at radius 1 is 0.469 bits per heavy atom. The number of hydrogen-bond acceptors (Lipinski definition) is 0. The van der Waals surface area contributed by atoms with Gasteiger partial charge in [-0.3, -0.25) is 0 Å². The molecule has 0 nitrogen and oxygen atoms in total. The molecule has 2 heteroatoms. The first-order valence-corrected chi connectivity index (χ1v) is 16.1. The van der Waals surface area contributed by atoms with Crippen LogP contribution in [0.2, 0.25) is 6.04 Å². The van der Waals surface area contributed by atoms with Gasteiger partial charge in [-0.15, -0.1) is 0 Å². The van der Waals surface area contributed by atoms with Crippen LogP contribution in [-0.2, 0) is 0 Å². The molecule has 0 fully saturated rings. The van der Waals surface area contributed by atoms with Gasteiger partial charge in [-0.2, -0.15) is 0 Å². The largest absolute Gasteiger partial charge is 0.0658 e. The summed E-state index contributed by atoms with van der Waals surface area (Å²) < 4.78 is 0. The Labute approximate surface area is 205 Å². The SMILES string of the molecule is CCCCCCCCCCCCCCCCCC[SiH3].c1ccc(Pc2ccccc2)cc1. The molecule has 0 spiro atoms. The molecule has 2 aromatic carbocycles. The first-order valence-electron chi connectivity index (χ1n) is 13.7. The van der Waals surface area contributed by atoms with E-state index in [4.69, 9.17) is 0 Å². The predicted octanol–water partition coefficient (Wildman–Crippen LogP) is 8.35. The molecule has 0 heterocycles. The number of benzene rings is 2. The third-order valence-corrected chi connectivity index (χ3v) is 7.99. The topological polar surface area (TPSA) is 0 Å². The maximum atomic E-state index is 2.30. The fourth-order valence-corrected chi connectivity index (χ4v) is 5.56. The Kier molecular flexibility index (Phi) is 21.2. The lowest BCUT2D eigenvalue weighted by molar-refractivity contribution is 0.531. The van der Waals surface area contributed by atoms with Crippen molar-refractivity contribution in [2.24, 2.45) is 0 Å². The Morgan fingerprint density at radius 2 is 0.781 bits per heavy atom. The van der Waals surface area contributed by atoms with Crippen LogP contribution in [0.1, 0.15) is 110 Å². The summed E-state index contributed by atoms with van der Waals surface area (Å²) in [4.78, 5) is 0. The average Bonchev–Trinajstić information content (AvgIpc) is 2.83. The minimum absolute atomic E-state index is 0.777. The van der Waals surface area contributed by atoms with Crippen LogP contribution in [0.3, 0.4) is 0 Å². The summed E-state index contributed by atoms with van der Waals surface area (Å²) in [6.07, 6.45) is 23.7. The van der Waals surface area contributed by atoms with Crippen molar-refractivity contribution in [1.82, 2.24) is 0 Å². The number of hydrogen-bond donors (Lipinski definition) is 0. The zero-order chi connectivity index (χ0) is 23.0. The van der Waals surface area contributed by atoms with Crippen molar-refractivity contribution in [3.8, 4) is 0 Å². The van der Waals surface area contributed by atoms with Crippen molar-refractivity contribution in [3.63, 3.8) is 0 Å². The molecular formula is C30H51PSi. The fraction of sp³-hybridized carbons (Fsp3) is 0.600. The van der Waals surface area contributed by atoms with Crippen LogP contribution in [0.5, 0.6) is 0 Å². The number of rotatable bonds is 18. The van der Waals surface area contributed by atoms with E-state index in [0.29, 0.717) is 0 Å². The van der Waals surface area contributed by atoms with Crippen LogP contribution in [0.4, 0.5) is 0 Å². The molecule has 0 unspecified atom stereocenters. The maximum Gasteiger partial charge on any atom is 0.00279 e. The molecule has 0 aliphatic rings. The van der Waals surface area contributed by atoms with Crippen LogP contribution in [-0.4, -0.2) is 10.2 Å². The van der Waals surface area contributed by atoms with Gasteiger partial charge >= 0.3 is 0 Å². The molecule has 2 rings (SSSR count). The minimum Gasteiger partial charge on any atom is -0.0658 e. The van der Waals surface area contributed by atoms with Crippen molar-refractivity contribution >= 4 is 29.4 Å². The summed E-state index contributed by atoms with van der Waals surface area (Å²) in [5, 5.41) is 2.79. The molecule has 180 valence electrons. The molecule has 0 N–H and O–H groups in total. The molecule has 0 saturated heterocycles. The van der Waals surface area contributed by atoms with Crippen LogP contribution in [0.25, 0.3) is 0 Å². The van der Waals surface area contributed by atoms with E-state index < -0.39 is 0 Å².